The first kappa shape index (κ1) is 19.1. The van der Waals surface area contributed by atoms with E-state index in [-0.39, 0.29) is 28.7 Å². The molecule has 0 radical (unpaired) electrons. The lowest BCUT2D eigenvalue weighted by Gasteiger charge is -2.11. The maximum absolute atomic E-state index is 12.8. The summed E-state index contributed by atoms with van der Waals surface area (Å²) >= 11 is 0. The molecule has 1 N–H and O–H groups in total. The van der Waals surface area contributed by atoms with Crippen molar-refractivity contribution in [3.63, 3.8) is 0 Å². The third kappa shape index (κ3) is 3.46. The Morgan fingerprint density at radius 3 is 2.53 bits per heavy atom. The highest BCUT2D eigenvalue weighted by atomic mass is 16.6. The van der Waals surface area contributed by atoms with Crippen molar-refractivity contribution in [1.82, 2.24) is 0 Å². The predicted molar refractivity (Wildman–Crippen MR) is 112 cm³/mol. The number of hydrogen-bond donors (Lipinski definition) is 1. The molecule has 0 fully saturated rings. The lowest BCUT2D eigenvalue weighted by Crippen LogP contribution is -2.21. The van der Waals surface area contributed by atoms with Crippen LogP contribution >= 0.6 is 0 Å². The molecule has 30 heavy (non-hydrogen) atoms. The van der Waals surface area contributed by atoms with Gasteiger partial charge in [-0.25, -0.2) is 0 Å². The Kier molecular flexibility index (Phi) is 4.67. The maximum atomic E-state index is 12.8. The van der Waals surface area contributed by atoms with E-state index in [0.29, 0.717) is 22.7 Å². The minimum Gasteiger partial charge on any atom is -0.507 e. The first-order valence-electron chi connectivity index (χ1n) is 9.09. The molecule has 4 rings (SSSR count). The third-order valence-corrected chi connectivity index (χ3v) is 4.71. The van der Waals surface area contributed by atoms with E-state index in [4.69, 9.17) is 4.42 Å². The summed E-state index contributed by atoms with van der Waals surface area (Å²) in [4.78, 5) is 23.3. The monoisotopic (exact) mass is 403 g/mol. The van der Waals surface area contributed by atoms with E-state index >= 15 is 0 Å². The molecular formula is C22H17N3O5. The topological polar surface area (TPSA) is 109 Å². The van der Waals surface area contributed by atoms with Gasteiger partial charge in [-0.15, -0.1) is 0 Å². The number of hydrazone groups is 1. The SMILES string of the molecule is CC1=NN(c2ccc(C)cc2)C(=O)/C1=C\c1ccc(-c2cc([N+](=O)[O-])ccc2O)o1. The number of anilines is 1. The third-order valence-electron chi connectivity index (χ3n) is 4.71. The molecule has 3 aromatic rings. The van der Waals surface area contributed by atoms with Crippen molar-refractivity contribution in [3.05, 3.63) is 81.6 Å². The van der Waals surface area contributed by atoms with Crippen LogP contribution in [0.2, 0.25) is 0 Å². The normalized spacial score (nSPS) is 15.0. The number of nitro groups is 1. The average molecular weight is 403 g/mol. The molecule has 1 amide bonds. The first-order valence-corrected chi connectivity index (χ1v) is 9.09. The number of rotatable bonds is 4. The lowest BCUT2D eigenvalue weighted by molar-refractivity contribution is -0.384. The fourth-order valence-corrected chi connectivity index (χ4v) is 3.10. The summed E-state index contributed by atoms with van der Waals surface area (Å²) in [7, 11) is 0. The fraction of sp³-hybridized carbons (Fsp3) is 0.0909. The summed E-state index contributed by atoms with van der Waals surface area (Å²) in [6.07, 6.45) is 1.56. The molecule has 0 unspecified atom stereocenters. The van der Waals surface area contributed by atoms with E-state index in [0.717, 1.165) is 5.56 Å². The van der Waals surface area contributed by atoms with Crippen molar-refractivity contribution in [2.24, 2.45) is 5.10 Å². The molecule has 0 spiro atoms. The van der Waals surface area contributed by atoms with Crippen LogP contribution in [0.3, 0.4) is 0 Å². The van der Waals surface area contributed by atoms with Crippen molar-refractivity contribution in [2.45, 2.75) is 13.8 Å². The Hall–Kier alpha value is -4.20. The highest BCUT2D eigenvalue weighted by Crippen LogP contribution is 2.34. The largest absolute Gasteiger partial charge is 0.507 e. The Bertz CT molecular complexity index is 1220. The number of non-ortho nitro benzene ring substituents is 1. The van der Waals surface area contributed by atoms with Crippen LogP contribution in [0.4, 0.5) is 11.4 Å². The summed E-state index contributed by atoms with van der Waals surface area (Å²) in [6, 6.07) is 14.3. The Labute approximate surface area is 171 Å². The van der Waals surface area contributed by atoms with E-state index in [9.17, 15) is 20.0 Å². The molecule has 8 heteroatoms. The van der Waals surface area contributed by atoms with Crippen molar-refractivity contribution >= 4 is 29.1 Å². The number of amides is 1. The number of aryl methyl sites for hydroxylation is 1. The molecule has 8 nitrogen and oxygen atoms in total. The van der Waals surface area contributed by atoms with Crippen LogP contribution in [-0.4, -0.2) is 21.6 Å². The van der Waals surface area contributed by atoms with E-state index < -0.39 is 4.92 Å². The second-order valence-corrected chi connectivity index (χ2v) is 6.86. The maximum Gasteiger partial charge on any atom is 0.280 e. The number of aromatic hydroxyl groups is 1. The highest BCUT2D eigenvalue weighted by molar-refractivity contribution is 6.32. The van der Waals surface area contributed by atoms with E-state index in [1.807, 2.05) is 31.2 Å². The zero-order chi connectivity index (χ0) is 21.4. The number of benzene rings is 2. The molecule has 150 valence electrons. The van der Waals surface area contributed by atoms with Crippen LogP contribution in [0.15, 0.2) is 69.7 Å². The van der Waals surface area contributed by atoms with Crippen molar-refractivity contribution in [1.29, 1.82) is 0 Å². The number of carbonyl (C=O) groups excluding carboxylic acids is 1. The molecule has 0 saturated carbocycles. The standard InChI is InChI=1S/C22H17N3O5/c1-13-3-5-15(6-4-13)24-22(27)18(14(2)23-24)12-17-8-10-21(30-17)19-11-16(25(28)29)7-9-20(19)26/h3-12,26H,1-2H3/b18-12-. The van der Waals surface area contributed by atoms with Crippen molar-refractivity contribution in [3.8, 4) is 17.1 Å². The zero-order valence-corrected chi connectivity index (χ0v) is 16.2. The molecule has 0 atom stereocenters. The molecule has 2 aromatic carbocycles. The summed E-state index contributed by atoms with van der Waals surface area (Å²) in [5.74, 6) is 0.180. The first-order chi connectivity index (χ1) is 14.3. The molecule has 1 aliphatic heterocycles. The van der Waals surface area contributed by atoms with E-state index in [1.165, 1.54) is 23.2 Å². The second kappa shape index (κ2) is 7.32. The van der Waals surface area contributed by atoms with Gasteiger partial charge in [0, 0.05) is 12.1 Å². The zero-order valence-electron chi connectivity index (χ0n) is 16.2. The van der Waals surface area contributed by atoms with Gasteiger partial charge in [-0.2, -0.15) is 10.1 Å². The quantitative estimate of drug-likeness (QED) is 0.387. The van der Waals surface area contributed by atoms with Crippen LogP contribution < -0.4 is 5.01 Å². The number of phenols is 1. The van der Waals surface area contributed by atoms with Crippen molar-refractivity contribution < 1.29 is 19.2 Å². The van der Waals surface area contributed by atoms with Gasteiger partial charge in [-0.1, -0.05) is 17.7 Å². The van der Waals surface area contributed by atoms with Crippen LogP contribution in [0.5, 0.6) is 5.75 Å². The molecular weight excluding hydrogens is 386 g/mol. The number of phenolic OH excluding ortho intramolecular Hbond substituents is 1. The van der Waals surface area contributed by atoms with E-state index in [1.54, 1.807) is 25.1 Å². The number of nitro benzene ring substituents is 1. The van der Waals surface area contributed by atoms with Crippen molar-refractivity contribution in [2.75, 3.05) is 5.01 Å². The minimum atomic E-state index is -0.550. The van der Waals surface area contributed by atoms with Gasteiger partial charge in [0.05, 0.1) is 27.5 Å². The van der Waals surface area contributed by atoms with Gasteiger partial charge in [0.2, 0.25) is 0 Å². The number of furan rings is 1. The molecule has 1 aromatic heterocycles. The minimum absolute atomic E-state index is 0.144. The average Bonchev–Trinajstić information content (AvgIpc) is 3.29. The molecule has 1 aliphatic rings. The number of carbonyl (C=O) groups is 1. The summed E-state index contributed by atoms with van der Waals surface area (Å²) in [5, 5.41) is 26.7. The highest BCUT2D eigenvalue weighted by Gasteiger charge is 2.29. The van der Waals surface area contributed by atoms with Gasteiger partial charge in [-0.05, 0) is 50.3 Å². The lowest BCUT2D eigenvalue weighted by atomic mass is 10.1. The molecule has 0 saturated heterocycles. The second-order valence-electron chi connectivity index (χ2n) is 6.86. The van der Waals surface area contributed by atoms with Gasteiger partial charge in [0.25, 0.3) is 11.6 Å². The molecule has 0 aliphatic carbocycles. The molecule has 2 heterocycles. The van der Waals surface area contributed by atoms with E-state index in [2.05, 4.69) is 5.10 Å². The smallest absolute Gasteiger partial charge is 0.280 e. The predicted octanol–water partition coefficient (Wildman–Crippen LogP) is 4.67. The van der Waals surface area contributed by atoms with Gasteiger partial charge in [-0.3, -0.25) is 14.9 Å². The van der Waals surface area contributed by atoms with Gasteiger partial charge in [0.1, 0.15) is 17.3 Å². The van der Waals surface area contributed by atoms with Gasteiger partial charge < -0.3 is 9.52 Å². The number of hydrogen-bond acceptors (Lipinski definition) is 6. The Morgan fingerprint density at radius 1 is 1.10 bits per heavy atom. The summed E-state index contributed by atoms with van der Waals surface area (Å²) in [6.45, 7) is 3.69. The number of nitrogens with zero attached hydrogens (tertiary/aromatic N) is 3. The Balaban J connectivity index is 1.64. The Morgan fingerprint density at radius 2 is 1.83 bits per heavy atom. The summed E-state index contributed by atoms with van der Waals surface area (Å²) < 4.78 is 5.72. The van der Waals surface area contributed by atoms with Crippen LogP contribution in [0, 0.1) is 17.0 Å². The fourth-order valence-electron chi connectivity index (χ4n) is 3.10. The van der Waals surface area contributed by atoms with Gasteiger partial charge in [0.15, 0.2) is 0 Å². The summed E-state index contributed by atoms with van der Waals surface area (Å²) in [5.41, 5.74) is 2.68. The van der Waals surface area contributed by atoms with Gasteiger partial charge >= 0.3 is 0 Å². The van der Waals surface area contributed by atoms with Crippen LogP contribution in [-0.2, 0) is 4.79 Å². The van der Waals surface area contributed by atoms with Crippen LogP contribution in [0.25, 0.3) is 17.4 Å². The molecule has 0 bridgehead atoms. The van der Waals surface area contributed by atoms with Crippen LogP contribution in [0.1, 0.15) is 18.2 Å².